The van der Waals surface area contributed by atoms with Gasteiger partial charge in [-0.3, -0.25) is 4.79 Å². The maximum Gasteiger partial charge on any atom is 0.252 e. The number of anilines is 1. The van der Waals surface area contributed by atoms with Crippen LogP contribution in [0.15, 0.2) is 42.6 Å². The number of carbonyl (C=O) groups excluding carboxylic acids is 1. The first-order valence-corrected chi connectivity index (χ1v) is 8.87. The zero-order valence-corrected chi connectivity index (χ0v) is 15.0. The van der Waals surface area contributed by atoms with E-state index in [-0.39, 0.29) is 11.7 Å². The van der Waals surface area contributed by atoms with Gasteiger partial charge >= 0.3 is 0 Å². The van der Waals surface area contributed by atoms with Gasteiger partial charge in [0.15, 0.2) is 0 Å². The molecule has 0 bridgehead atoms. The van der Waals surface area contributed by atoms with Crippen LogP contribution in [0.2, 0.25) is 0 Å². The van der Waals surface area contributed by atoms with E-state index in [1.807, 2.05) is 12.1 Å². The number of pyridine rings is 1. The molecule has 0 aliphatic rings. The number of rotatable bonds is 9. The van der Waals surface area contributed by atoms with E-state index in [0.717, 1.165) is 37.3 Å². The summed E-state index contributed by atoms with van der Waals surface area (Å²) < 4.78 is 12.9. The Bertz CT molecular complexity index is 650. The van der Waals surface area contributed by atoms with E-state index in [0.29, 0.717) is 18.5 Å². The lowest BCUT2D eigenvalue weighted by molar-refractivity contribution is 0.0954. The molecule has 0 saturated heterocycles. The lowest BCUT2D eigenvalue weighted by Crippen LogP contribution is -2.27. The van der Waals surface area contributed by atoms with Crippen LogP contribution in [0.3, 0.4) is 0 Å². The number of carbonyl (C=O) groups is 1. The van der Waals surface area contributed by atoms with E-state index >= 15 is 0 Å². The van der Waals surface area contributed by atoms with E-state index in [1.165, 1.54) is 12.1 Å². The highest BCUT2D eigenvalue weighted by Gasteiger charge is 2.09. The molecule has 2 aromatic rings. The van der Waals surface area contributed by atoms with E-state index in [1.54, 1.807) is 18.3 Å². The normalized spacial score (nSPS) is 10.5. The van der Waals surface area contributed by atoms with E-state index < -0.39 is 0 Å². The van der Waals surface area contributed by atoms with Gasteiger partial charge in [0.1, 0.15) is 11.6 Å². The third-order valence-electron chi connectivity index (χ3n) is 3.93. The lowest BCUT2D eigenvalue weighted by atomic mass is 10.1. The molecule has 0 atom stereocenters. The second-order valence-electron chi connectivity index (χ2n) is 6.02. The van der Waals surface area contributed by atoms with Gasteiger partial charge in [0.2, 0.25) is 0 Å². The molecule has 1 amide bonds. The standard InChI is InChI=1S/C20H26FN3O/c1-3-13-24(14-4-2)19-10-7-17(15-23-19)20(25)22-12-11-16-5-8-18(21)9-6-16/h5-10,15H,3-4,11-14H2,1-2H3,(H,22,25). The molecule has 1 aromatic heterocycles. The van der Waals surface area contributed by atoms with Crippen LogP contribution >= 0.6 is 0 Å². The molecule has 4 nitrogen and oxygen atoms in total. The first kappa shape index (κ1) is 18.9. The fourth-order valence-corrected chi connectivity index (χ4v) is 2.66. The van der Waals surface area contributed by atoms with Crippen molar-refractivity contribution in [1.29, 1.82) is 0 Å². The predicted octanol–water partition coefficient (Wildman–Crippen LogP) is 3.82. The number of nitrogens with zero attached hydrogens (tertiary/aromatic N) is 2. The third-order valence-corrected chi connectivity index (χ3v) is 3.93. The number of nitrogens with one attached hydrogen (secondary N) is 1. The SMILES string of the molecule is CCCN(CCC)c1ccc(C(=O)NCCc2ccc(F)cc2)cn1. The van der Waals surface area contributed by atoms with Crippen LogP contribution in [-0.2, 0) is 6.42 Å². The fraction of sp³-hybridized carbons (Fsp3) is 0.400. The highest BCUT2D eigenvalue weighted by Crippen LogP contribution is 2.12. The number of halogens is 1. The van der Waals surface area contributed by atoms with Gasteiger partial charge in [0.05, 0.1) is 5.56 Å². The molecule has 0 aliphatic heterocycles. The van der Waals surface area contributed by atoms with Crippen LogP contribution in [0.25, 0.3) is 0 Å². The Morgan fingerprint density at radius 2 is 1.76 bits per heavy atom. The second-order valence-corrected chi connectivity index (χ2v) is 6.02. The summed E-state index contributed by atoms with van der Waals surface area (Å²) in [5, 5.41) is 2.87. The number of aromatic nitrogens is 1. The van der Waals surface area contributed by atoms with Gasteiger partial charge in [-0.05, 0) is 49.1 Å². The van der Waals surface area contributed by atoms with Crippen molar-refractivity contribution in [3.05, 3.63) is 59.5 Å². The van der Waals surface area contributed by atoms with Crippen molar-refractivity contribution >= 4 is 11.7 Å². The molecule has 0 saturated carbocycles. The fourth-order valence-electron chi connectivity index (χ4n) is 2.66. The van der Waals surface area contributed by atoms with Gasteiger partial charge in [0, 0.05) is 25.8 Å². The van der Waals surface area contributed by atoms with E-state index in [2.05, 4.69) is 29.0 Å². The van der Waals surface area contributed by atoms with Gasteiger partial charge in [-0.15, -0.1) is 0 Å². The zero-order valence-electron chi connectivity index (χ0n) is 15.0. The highest BCUT2D eigenvalue weighted by atomic mass is 19.1. The summed E-state index contributed by atoms with van der Waals surface area (Å²) in [5.41, 5.74) is 1.54. The second kappa shape index (κ2) is 9.77. The molecule has 25 heavy (non-hydrogen) atoms. The van der Waals surface area contributed by atoms with Gasteiger partial charge in [-0.25, -0.2) is 9.37 Å². The van der Waals surface area contributed by atoms with Crippen molar-refractivity contribution in [3.63, 3.8) is 0 Å². The molecule has 134 valence electrons. The van der Waals surface area contributed by atoms with Crippen LogP contribution in [0.1, 0.15) is 42.6 Å². The molecule has 5 heteroatoms. The largest absolute Gasteiger partial charge is 0.357 e. The summed E-state index contributed by atoms with van der Waals surface area (Å²) >= 11 is 0. The van der Waals surface area contributed by atoms with Crippen molar-refractivity contribution < 1.29 is 9.18 Å². The van der Waals surface area contributed by atoms with Gasteiger partial charge < -0.3 is 10.2 Å². The van der Waals surface area contributed by atoms with E-state index in [4.69, 9.17) is 0 Å². The van der Waals surface area contributed by atoms with E-state index in [9.17, 15) is 9.18 Å². The van der Waals surface area contributed by atoms with Crippen LogP contribution < -0.4 is 10.2 Å². The molecular weight excluding hydrogens is 317 g/mol. The zero-order chi connectivity index (χ0) is 18.1. The number of benzene rings is 1. The molecule has 0 spiro atoms. The van der Waals surface area contributed by atoms with Crippen molar-refractivity contribution in [3.8, 4) is 0 Å². The minimum Gasteiger partial charge on any atom is -0.357 e. The van der Waals surface area contributed by atoms with Crippen molar-refractivity contribution in [1.82, 2.24) is 10.3 Å². The molecule has 2 rings (SSSR count). The topological polar surface area (TPSA) is 45.2 Å². The Morgan fingerprint density at radius 1 is 1.08 bits per heavy atom. The monoisotopic (exact) mass is 343 g/mol. The Morgan fingerprint density at radius 3 is 2.32 bits per heavy atom. The minimum absolute atomic E-state index is 0.140. The minimum atomic E-state index is -0.251. The molecular formula is C20H26FN3O. The van der Waals surface area contributed by atoms with Crippen LogP contribution in [0.4, 0.5) is 10.2 Å². The quantitative estimate of drug-likeness (QED) is 0.753. The molecule has 0 aliphatic carbocycles. The Hall–Kier alpha value is -2.43. The maximum atomic E-state index is 12.9. The van der Waals surface area contributed by atoms with Crippen molar-refractivity contribution in [2.24, 2.45) is 0 Å². The highest BCUT2D eigenvalue weighted by molar-refractivity contribution is 5.94. The summed E-state index contributed by atoms with van der Waals surface area (Å²) in [4.78, 5) is 18.9. The summed E-state index contributed by atoms with van der Waals surface area (Å²) in [5.74, 6) is 0.518. The Balaban J connectivity index is 1.87. The average molecular weight is 343 g/mol. The molecule has 1 N–H and O–H groups in total. The van der Waals surface area contributed by atoms with Crippen molar-refractivity contribution in [2.75, 3.05) is 24.5 Å². The molecule has 0 unspecified atom stereocenters. The number of hydrogen-bond donors (Lipinski definition) is 1. The molecule has 0 radical (unpaired) electrons. The smallest absolute Gasteiger partial charge is 0.252 e. The predicted molar refractivity (Wildman–Crippen MR) is 99.5 cm³/mol. The van der Waals surface area contributed by atoms with Gasteiger partial charge in [0.25, 0.3) is 5.91 Å². The first-order valence-electron chi connectivity index (χ1n) is 8.87. The molecule has 0 fully saturated rings. The maximum absolute atomic E-state index is 12.9. The van der Waals surface area contributed by atoms with Crippen LogP contribution in [0, 0.1) is 5.82 Å². The van der Waals surface area contributed by atoms with Crippen LogP contribution in [-0.4, -0.2) is 30.5 Å². The van der Waals surface area contributed by atoms with Crippen LogP contribution in [0.5, 0.6) is 0 Å². The lowest BCUT2D eigenvalue weighted by Gasteiger charge is -2.22. The summed E-state index contributed by atoms with van der Waals surface area (Å²) in [6.07, 6.45) is 4.42. The van der Waals surface area contributed by atoms with Gasteiger partial charge in [-0.1, -0.05) is 26.0 Å². The summed E-state index contributed by atoms with van der Waals surface area (Å²) in [7, 11) is 0. The van der Waals surface area contributed by atoms with Gasteiger partial charge in [-0.2, -0.15) is 0 Å². The Kier molecular flexibility index (Phi) is 7.38. The summed E-state index contributed by atoms with van der Waals surface area (Å²) in [6, 6.07) is 10.0. The van der Waals surface area contributed by atoms with Crippen molar-refractivity contribution in [2.45, 2.75) is 33.1 Å². The molecule has 1 aromatic carbocycles. The average Bonchev–Trinajstić information content (AvgIpc) is 2.63. The number of hydrogen-bond acceptors (Lipinski definition) is 3. The number of amides is 1. The third kappa shape index (κ3) is 5.85. The first-order chi connectivity index (χ1) is 12.1. The Labute approximate surface area is 149 Å². The molecule has 1 heterocycles. The summed E-state index contributed by atoms with van der Waals surface area (Å²) in [6.45, 7) is 6.72.